The minimum atomic E-state index is -1.92. The topological polar surface area (TPSA) is 83.7 Å². The van der Waals surface area contributed by atoms with Gasteiger partial charge in [-0.1, -0.05) is 26.0 Å². The van der Waals surface area contributed by atoms with Gasteiger partial charge in [-0.15, -0.1) is 0 Å². The maximum Gasteiger partial charge on any atom is 0.335 e. The van der Waals surface area contributed by atoms with Gasteiger partial charge in [-0.2, -0.15) is 5.11 Å². The number of hydrogen-bond donors (Lipinski definition) is 1. The first-order valence-corrected chi connectivity index (χ1v) is 11.7. The van der Waals surface area contributed by atoms with Gasteiger partial charge in [-0.05, 0) is 37.9 Å². The Morgan fingerprint density at radius 3 is 2.58 bits per heavy atom. The standard InChI is InChI=1S/C16H31N3O4Si/c1-7-22-15(21)14-11-8-9-13(20)12(19(11)18-17-14)10-23-24(5,6)16(2,3)4/h11-14,20H,7-10H2,1-6H3/t11-,12+,13-,14-/m0/s1. The maximum atomic E-state index is 12.0. The second-order valence-electron chi connectivity index (χ2n) is 8.13. The van der Waals surface area contributed by atoms with Crippen LogP contribution in [0.15, 0.2) is 10.3 Å². The molecule has 0 bridgehead atoms. The summed E-state index contributed by atoms with van der Waals surface area (Å²) in [6.07, 6.45) is 0.771. The van der Waals surface area contributed by atoms with Gasteiger partial charge in [0.2, 0.25) is 0 Å². The van der Waals surface area contributed by atoms with Gasteiger partial charge in [-0.3, -0.25) is 5.01 Å². The molecular formula is C16H31N3O4Si. The summed E-state index contributed by atoms with van der Waals surface area (Å²) in [6.45, 7) is 13.4. The van der Waals surface area contributed by atoms with Crippen LogP contribution in [0.3, 0.4) is 0 Å². The van der Waals surface area contributed by atoms with Gasteiger partial charge < -0.3 is 14.3 Å². The van der Waals surface area contributed by atoms with Crippen molar-refractivity contribution in [3.63, 3.8) is 0 Å². The normalized spacial score (nSPS) is 30.4. The fraction of sp³-hybridized carbons (Fsp3) is 0.938. The quantitative estimate of drug-likeness (QED) is 0.604. The molecule has 1 saturated heterocycles. The van der Waals surface area contributed by atoms with E-state index in [1.807, 2.05) is 0 Å². The lowest BCUT2D eigenvalue weighted by Crippen LogP contribution is -2.56. The molecule has 0 aromatic heterocycles. The zero-order valence-electron chi connectivity index (χ0n) is 15.7. The molecule has 0 saturated carbocycles. The molecule has 1 fully saturated rings. The number of aliphatic hydroxyl groups is 1. The zero-order chi connectivity index (χ0) is 18.1. The lowest BCUT2D eigenvalue weighted by atomic mass is 9.91. The summed E-state index contributed by atoms with van der Waals surface area (Å²) >= 11 is 0. The van der Waals surface area contributed by atoms with Gasteiger partial charge in [0.1, 0.15) is 0 Å². The van der Waals surface area contributed by atoms with E-state index in [9.17, 15) is 9.90 Å². The molecule has 0 aliphatic carbocycles. The number of fused-ring (bicyclic) bond motifs is 1. The summed E-state index contributed by atoms with van der Waals surface area (Å²) in [4.78, 5) is 12.0. The van der Waals surface area contributed by atoms with Crippen LogP contribution in [0.4, 0.5) is 0 Å². The van der Waals surface area contributed by atoms with Crippen molar-refractivity contribution in [1.29, 1.82) is 0 Å². The lowest BCUT2D eigenvalue weighted by molar-refractivity contribution is -0.146. The Hall–Kier alpha value is -0.993. The van der Waals surface area contributed by atoms with Crippen molar-refractivity contribution in [2.75, 3.05) is 13.2 Å². The van der Waals surface area contributed by atoms with Gasteiger partial charge in [-0.25, -0.2) is 4.79 Å². The van der Waals surface area contributed by atoms with Gasteiger partial charge in [0.05, 0.1) is 31.4 Å². The Morgan fingerprint density at radius 2 is 2.00 bits per heavy atom. The number of hydrogen-bond acceptors (Lipinski definition) is 7. The molecule has 2 aliphatic heterocycles. The Balaban J connectivity index is 2.06. The molecule has 0 radical (unpaired) electrons. The van der Waals surface area contributed by atoms with E-state index in [1.165, 1.54) is 0 Å². The van der Waals surface area contributed by atoms with Crippen molar-refractivity contribution >= 4 is 14.3 Å². The highest BCUT2D eigenvalue weighted by atomic mass is 28.4. The maximum absolute atomic E-state index is 12.0. The highest BCUT2D eigenvalue weighted by Crippen LogP contribution is 2.38. The second kappa shape index (κ2) is 7.09. The van der Waals surface area contributed by atoms with E-state index in [0.29, 0.717) is 26.1 Å². The van der Waals surface area contributed by atoms with Crippen LogP contribution in [0.5, 0.6) is 0 Å². The highest BCUT2D eigenvalue weighted by Gasteiger charge is 2.48. The van der Waals surface area contributed by atoms with E-state index in [2.05, 4.69) is 44.2 Å². The molecule has 24 heavy (non-hydrogen) atoms. The summed E-state index contributed by atoms with van der Waals surface area (Å²) in [5.74, 6) is -0.339. The number of rotatable bonds is 5. The van der Waals surface area contributed by atoms with Crippen molar-refractivity contribution in [3.8, 4) is 0 Å². The summed E-state index contributed by atoms with van der Waals surface area (Å²) in [6, 6.07) is -0.991. The molecule has 2 heterocycles. The van der Waals surface area contributed by atoms with Crippen LogP contribution >= 0.6 is 0 Å². The number of esters is 1. The van der Waals surface area contributed by atoms with Gasteiger partial charge in [0.15, 0.2) is 14.4 Å². The van der Waals surface area contributed by atoms with Gasteiger partial charge in [0, 0.05) is 0 Å². The Kier molecular flexibility index (Phi) is 5.71. The number of carbonyl (C=O) groups excluding carboxylic acids is 1. The summed E-state index contributed by atoms with van der Waals surface area (Å²) in [5.41, 5.74) is 0. The van der Waals surface area contributed by atoms with Crippen molar-refractivity contribution in [3.05, 3.63) is 0 Å². The number of piperidine rings is 1. The van der Waals surface area contributed by atoms with Crippen LogP contribution in [0.2, 0.25) is 18.1 Å². The second-order valence-corrected chi connectivity index (χ2v) is 12.9. The molecule has 0 amide bonds. The minimum absolute atomic E-state index is 0.103. The SMILES string of the molecule is CCOC(=O)[C@H]1N=NN2[C@H](CO[Si](C)(C)C(C)(C)C)[C@@H](O)CC[C@@H]12. The van der Waals surface area contributed by atoms with Crippen LogP contribution in [-0.2, 0) is 14.0 Å². The fourth-order valence-corrected chi connectivity index (χ4v) is 3.87. The van der Waals surface area contributed by atoms with E-state index < -0.39 is 20.5 Å². The van der Waals surface area contributed by atoms with Crippen LogP contribution < -0.4 is 0 Å². The third-order valence-corrected chi connectivity index (χ3v) is 9.98. The Labute approximate surface area is 145 Å². The van der Waals surface area contributed by atoms with Crippen LogP contribution in [0.1, 0.15) is 40.5 Å². The molecule has 0 spiro atoms. The van der Waals surface area contributed by atoms with E-state index in [-0.39, 0.29) is 23.1 Å². The predicted molar refractivity (Wildman–Crippen MR) is 93.1 cm³/mol. The largest absolute Gasteiger partial charge is 0.464 e. The van der Waals surface area contributed by atoms with Gasteiger partial charge in [0.25, 0.3) is 0 Å². The van der Waals surface area contributed by atoms with E-state index in [4.69, 9.17) is 9.16 Å². The van der Waals surface area contributed by atoms with E-state index in [0.717, 1.165) is 0 Å². The number of carbonyl (C=O) groups is 1. The van der Waals surface area contributed by atoms with E-state index in [1.54, 1.807) is 11.9 Å². The fourth-order valence-electron chi connectivity index (χ4n) is 2.85. The summed E-state index contributed by atoms with van der Waals surface area (Å²) < 4.78 is 11.4. The molecule has 0 unspecified atom stereocenters. The molecule has 138 valence electrons. The molecule has 0 aromatic carbocycles. The third kappa shape index (κ3) is 3.81. The first-order valence-electron chi connectivity index (χ1n) is 8.76. The predicted octanol–water partition coefficient (Wildman–Crippen LogP) is 2.51. The van der Waals surface area contributed by atoms with Crippen molar-refractivity contribution in [2.45, 2.75) is 82.9 Å². The number of nitrogens with zero attached hydrogens (tertiary/aromatic N) is 3. The van der Waals surface area contributed by atoms with E-state index >= 15 is 0 Å². The molecule has 0 aromatic rings. The third-order valence-electron chi connectivity index (χ3n) is 5.47. The summed E-state index contributed by atoms with van der Waals surface area (Å²) in [5, 5.41) is 20.6. The molecule has 4 atom stereocenters. The Bertz CT molecular complexity index is 492. The van der Waals surface area contributed by atoms with Crippen molar-refractivity contribution < 1.29 is 19.1 Å². The van der Waals surface area contributed by atoms with Crippen LogP contribution in [-0.4, -0.2) is 61.8 Å². The number of aliphatic hydroxyl groups excluding tert-OH is 1. The average molecular weight is 358 g/mol. The smallest absolute Gasteiger partial charge is 0.335 e. The zero-order valence-corrected chi connectivity index (χ0v) is 16.7. The molecule has 1 N–H and O–H groups in total. The molecule has 2 aliphatic rings. The molecule has 7 nitrogen and oxygen atoms in total. The minimum Gasteiger partial charge on any atom is -0.464 e. The average Bonchev–Trinajstić information content (AvgIpc) is 2.89. The van der Waals surface area contributed by atoms with Crippen molar-refractivity contribution in [1.82, 2.24) is 5.01 Å². The molecular weight excluding hydrogens is 326 g/mol. The Morgan fingerprint density at radius 1 is 1.33 bits per heavy atom. The van der Waals surface area contributed by atoms with Gasteiger partial charge >= 0.3 is 5.97 Å². The highest BCUT2D eigenvalue weighted by molar-refractivity contribution is 6.74. The monoisotopic (exact) mass is 357 g/mol. The first-order chi connectivity index (χ1) is 11.1. The number of ether oxygens (including phenoxy) is 1. The molecule has 8 heteroatoms. The van der Waals surface area contributed by atoms with Crippen LogP contribution in [0.25, 0.3) is 0 Å². The van der Waals surface area contributed by atoms with Crippen molar-refractivity contribution in [2.24, 2.45) is 10.3 Å². The van der Waals surface area contributed by atoms with Crippen LogP contribution in [0, 0.1) is 0 Å². The first kappa shape index (κ1) is 19.3. The lowest BCUT2D eigenvalue weighted by Gasteiger charge is -2.42. The summed E-state index contributed by atoms with van der Waals surface area (Å²) in [7, 11) is -1.92. The molecule has 2 rings (SSSR count).